The summed E-state index contributed by atoms with van der Waals surface area (Å²) < 4.78 is 0. The lowest BCUT2D eigenvalue weighted by Gasteiger charge is -2.27. The first-order chi connectivity index (χ1) is 10.0. The van der Waals surface area contributed by atoms with Crippen LogP contribution in [0.2, 0.25) is 0 Å². The summed E-state index contributed by atoms with van der Waals surface area (Å²) in [6, 6.07) is 9.91. The highest BCUT2D eigenvalue weighted by molar-refractivity contribution is 7.12. The summed E-state index contributed by atoms with van der Waals surface area (Å²) >= 11 is 1.53. The SMILES string of the molecule is CCc1ccsc1C(=O)N(Cc1cccc(N)c1)C(C)C. The summed E-state index contributed by atoms with van der Waals surface area (Å²) in [5, 5.41) is 1.99. The number of hydrogen-bond donors (Lipinski definition) is 1. The van der Waals surface area contributed by atoms with Gasteiger partial charge in [0.15, 0.2) is 0 Å². The Hall–Kier alpha value is -1.81. The fourth-order valence-corrected chi connectivity index (χ4v) is 3.26. The Bertz CT molecular complexity index is 619. The number of hydrogen-bond acceptors (Lipinski definition) is 3. The second kappa shape index (κ2) is 6.76. The van der Waals surface area contributed by atoms with Crippen molar-refractivity contribution in [2.75, 3.05) is 5.73 Å². The molecule has 0 saturated heterocycles. The second-order valence-electron chi connectivity index (χ2n) is 5.40. The maximum absolute atomic E-state index is 12.8. The zero-order valence-electron chi connectivity index (χ0n) is 12.8. The van der Waals surface area contributed by atoms with Crippen molar-refractivity contribution in [3.8, 4) is 0 Å². The van der Waals surface area contributed by atoms with Crippen LogP contribution in [0.4, 0.5) is 5.69 Å². The minimum Gasteiger partial charge on any atom is -0.399 e. The molecule has 1 aromatic heterocycles. The molecule has 0 aliphatic carbocycles. The Morgan fingerprint density at radius 2 is 2.10 bits per heavy atom. The van der Waals surface area contributed by atoms with E-state index >= 15 is 0 Å². The zero-order chi connectivity index (χ0) is 15.4. The number of rotatable bonds is 5. The topological polar surface area (TPSA) is 46.3 Å². The molecule has 0 radical (unpaired) electrons. The summed E-state index contributed by atoms with van der Waals surface area (Å²) in [7, 11) is 0. The number of amides is 1. The number of nitrogen functional groups attached to an aromatic ring is 1. The first-order valence-corrected chi connectivity index (χ1v) is 8.12. The summed E-state index contributed by atoms with van der Waals surface area (Å²) in [6.07, 6.45) is 0.884. The zero-order valence-corrected chi connectivity index (χ0v) is 13.6. The standard InChI is InChI=1S/C17H22N2OS/c1-4-14-8-9-21-16(14)17(20)19(12(2)3)11-13-6-5-7-15(18)10-13/h5-10,12H,4,11,18H2,1-3H3. The van der Waals surface area contributed by atoms with Crippen LogP contribution in [-0.4, -0.2) is 16.8 Å². The first kappa shape index (κ1) is 15.6. The van der Waals surface area contributed by atoms with Crippen molar-refractivity contribution in [2.24, 2.45) is 0 Å². The third kappa shape index (κ3) is 3.64. The van der Waals surface area contributed by atoms with Crippen LogP contribution in [0.3, 0.4) is 0 Å². The molecule has 3 nitrogen and oxygen atoms in total. The van der Waals surface area contributed by atoms with E-state index < -0.39 is 0 Å². The predicted octanol–water partition coefficient (Wildman–Crippen LogP) is 3.94. The molecule has 1 heterocycles. The maximum Gasteiger partial charge on any atom is 0.264 e. The van der Waals surface area contributed by atoms with Gasteiger partial charge in [-0.2, -0.15) is 0 Å². The molecule has 2 N–H and O–H groups in total. The highest BCUT2D eigenvalue weighted by atomic mass is 32.1. The van der Waals surface area contributed by atoms with Gasteiger partial charge >= 0.3 is 0 Å². The van der Waals surface area contributed by atoms with Gasteiger partial charge in [0, 0.05) is 18.3 Å². The van der Waals surface area contributed by atoms with Crippen LogP contribution in [0.5, 0.6) is 0 Å². The summed E-state index contributed by atoms with van der Waals surface area (Å²) in [5.74, 6) is 0.110. The second-order valence-corrected chi connectivity index (χ2v) is 6.32. The molecule has 1 amide bonds. The van der Waals surface area contributed by atoms with Crippen LogP contribution in [0.25, 0.3) is 0 Å². The van der Waals surface area contributed by atoms with Crippen LogP contribution in [0, 0.1) is 0 Å². The van der Waals surface area contributed by atoms with Gasteiger partial charge in [0.25, 0.3) is 5.91 Å². The lowest BCUT2D eigenvalue weighted by atomic mass is 10.1. The molecule has 2 aromatic rings. The first-order valence-electron chi connectivity index (χ1n) is 7.24. The Balaban J connectivity index is 2.25. The Morgan fingerprint density at radius 3 is 2.71 bits per heavy atom. The van der Waals surface area contributed by atoms with Gasteiger partial charge in [-0.1, -0.05) is 19.1 Å². The molecule has 0 atom stereocenters. The van der Waals surface area contributed by atoms with Crippen LogP contribution in [0.15, 0.2) is 35.7 Å². The molecule has 0 saturated carbocycles. The van der Waals surface area contributed by atoms with Crippen LogP contribution >= 0.6 is 11.3 Å². The van der Waals surface area contributed by atoms with E-state index in [2.05, 4.69) is 6.92 Å². The molecule has 4 heteroatoms. The van der Waals surface area contributed by atoms with Crippen LogP contribution in [-0.2, 0) is 13.0 Å². The quantitative estimate of drug-likeness (QED) is 0.850. The highest BCUT2D eigenvalue weighted by Crippen LogP contribution is 2.22. The minimum atomic E-state index is 0.110. The summed E-state index contributed by atoms with van der Waals surface area (Å²) in [5.41, 5.74) is 8.75. The Labute approximate surface area is 130 Å². The van der Waals surface area contributed by atoms with Gasteiger partial charge < -0.3 is 10.6 Å². The number of nitrogens with zero attached hydrogens (tertiary/aromatic N) is 1. The molecule has 0 bridgehead atoms. The van der Waals surface area contributed by atoms with Gasteiger partial charge in [0.05, 0.1) is 4.88 Å². The lowest BCUT2D eigenvalue weighted by molar-refractivity contribution is 0.0694. The number of benzene rings is 1. The van der Waals surface area contributed by atoms with Gasteiger partial charge in [-0.3, -0.25) is 4.79 Å². The van der Waals surface area contributed by atoms with E-state index in [9.17, 15) is 4.79 Å². The normalized spacial score (nSPS) is 10.9. The Kier molecular flexibility index (Phi) is 5.02. The predicted molar refractivity (Wildman–Crippen MR) is 89.6 cm³/mol. The molecule has 0 unspecified atom stereocenters. The average Bonchev–Trinajstić information content (AvgIpc) is 2.92. The number of carbonyl (C=O) groups excluding carboxylic acids is 1. The summed E-state index contributed by atoms with van der Waals surface area (Å²) in [6.45, 7) is 6.76. The molecule has 21 heavy (non-hydrogen) atoms. The smallest absolute Gasteiger partial charge is 0.264 e. The number of carbonyl (C=O) groups is 1. The molecule has 0 fully saturated rings. The molecule has 2 rings (SSSR count). The summed E-state index contributed by atoms with van der Waals surface area (Å²) in [4.78, 5) is 15.6. The van der Waals surface area contributed by atoms with Gasteiger partial charge in [-0.25, -0.2) is 0 Å². The van der Waals surface area contributed by atoms with Gasteiger partial charge in [0.2, 0.25) is 0 Å². The fourth-order valence-electron chi connectivity index (χ4n) is 2.31. The molecule has 0 aliphatic rings. The number of aryl methyl sites for hydroxylation is 1. The molecule has 112 valence electrons. The van der Waals surface area contributed by atoms with E-state index in [1.807, 2.05) is 54.5 Å². The average molecular weight is 302 g/mol. The molecule has 0 spiro atoms. The van der Waals surface area contributed by atoms with E-state index in [0.717, 1.165) is 28.1 Å². The van der Waals surface area contributed by atoms with E-state index in [1.165, 1.54) is 11.3 Å². The molecular formula is C17H22N2OS. The maximum atomic E-state index is 12.8. The highest BCUT2D eigenvalue weighted by Gasteiger charge is 2.22. The Morgan fingerprint density at radius 1 is 1.33 bits per heavy atom. The molecule has 1 aromatic carbocycles. The minimum absolute atomic E-state index is 0.110. The van der Waals surface area contributed by atoms with E-state index in [-0.39, 0.29) is 11.9 Å². The van der Waals surface area contributed by atoms with Crippen molar-refractivity contribution in [1.82, 2.24) is 4.90 Å². The van der Waals surface area contributed by atoms with Crippen molar-refractivity contribution in [2.45, 2.75) is 39.8 Å². The van der Waals surface area contributed by atoms with E-state index in [1.54, 1.807) is 0 Å². The third-order valence-corrected chi connectivity index (χ3v) is 4.45. The van der Waals surface area contributed by atoms with E-state index in [0.29, 0.717) is 6.54 Å². The fraction of sp³-hybridized carbons (Fsp3) is 0.353. The van der Waals surface area contributed by atoms with Crippen LogP contribution in [0.1, 0.15) is 41.6 Å². The number of anilines is 1. The van der Waals surface area contributed by atoms with Gasteiger partial charge in [0.1, 0.15) is 0 Å². The number of thiophene rings is 1. The van der Waals surface area contributed by atoms with Crippen molar-refractivity contribution in [3.63, 3.8) is 0 Å². The molecule has 0 aliphatic heterocycles. The van der Waals surface area contributed by atoms with Gasteiger partial charge in [-0.15, -0.1) is 11.3 Å². The van der Waals surface area contributed by atoms with Crippen LogP contribution < -0.4 is 5.73 Å². The number of nitrogens with two attached hydrogens (primary N) is 1. The van der Waals surface area contributed by atoms with E-state index in [4.69, 9.17) is 5.73 Å². The largest absolute Gasteiger partial charge is 0.399 e. The van der Waals surface area contributed by atoms with Crippen molar-refractivity contribution < 1.29 is 4.79 Å². The lowest BCUT2D eigenvalue weighted by Crippen LogP contribution is -2.36. The van der Waals surface area contributed by atoms with Crippen molar-refractivity contribution in [3.05, 3.63) is 51.7 Å². The monoisotopic (exact) mass is 302 g/mol. The third-order valence-electron chi connectivity index (χ3n) is 3.51. The molecular weight excluding hydrogens is 280 g/mol. The van der Waals surface area contributed by atoms with Crippen molar-refractivity contribution in [1.29, 1.82) is 0 Å². The van der Waals surface area contributed by atoms with Crippen molar-refractivity contribution >= 4 is 22.9 Å². The van der Waals surface area contributed by atoms with Gasteiger partial charge in [-0.05, 0) is 55.0 Å².